The molecular weight excluding hydrogens is 718 g/mol. The number of anilines is 1. The van der Waals surface area contributed by atoms with Crippen LogP contribution in [0.4, 0.5) is 17.1 Å². The second-order valence-corrected chi connectivity index (χ2v) is 18.3. The van der Waals surface area contributed by atoms with Gasteiger partial charge in [0.05, 0.1) is 10.3 Å². The van der Waals surface area contributed by atoms with Crippen molar-refractivity contribution in [1.82, 2.24) is 0 Å². The van der Waals surface area contributed by atoms with Gasteiger partial charge in [-0.3, -0.25) is 10.1 Å². The van der Waals surface area contributed by atoms with E-state index in [9.17, 15) is 10.1 Å². The maximum atomic E-state index is 11.9. The maximum absolute atomic E-state index is 11.9. The van der Waals surface area contributed by atoms with Gasteiger partial charge in [0.15, 0.2) is 5.71 Å². The minimum atomic E-state index is -0.371. The van der Waals surface area contributed by atoms with Crippen LogP contribution in [0.15, 0.2) is 89.6 Å². The predicted octanol–water partition coefficient (Wildman–Crippen LogP) is 13.4. The minimum Gasteiger partial charge on any atom is -0.344 e. The molecule has 4 aliphatic rings. The van der Waals surface area contributed by atoms with Crippen LogP contribution in [0.1, 0.15) is 128 Å². The van der Waals surface area contributed by atoms with Crippen molar-refractivity contribution in [3.05, 3.63) is 111 Å². The number of benzene rings is 3. The normalized spacial score (nSPS) is 22.2. The van der Waals surface area contributed by atoms with Gasteiger partial charge >= 0.3 is 0 Å². The van der Waals surface area contributed by atoms with E-state index in [4.69, 9.17) is 0 Å². The van der Waals surface area contributed by atoms with E-state index in [2.05, 4.69) is 107 Å². The average Bonchev–Trinajstić information content (AvgIpc) is 3.93. The van der Waals surface area contributed by atoms with E-state index < -0.39 is 0 Å². The van der Waals surface area contributed by atoms with Gasteiger partial charge < -0.3 is 4.90 Å². The lowest BCUT2D eigenvalue weighted by molar-refractivity contribution is -0.438. The van der Waals surface area contributed by atoms with E-state index >= 15 is 0 Å². The Morgan fingerprint density at radius 3 is 2.30 bits per heavy atom. The predicted molar refractivity (Wildman–Crippen MR) is 226 cm³/mol. The number of nitro groups is 1. The molecule has 53 heavy (non-hydrogen) atoms. The molecule has 280 valence electrons. The molecule has 0 radical (unpaired) electrons. The van der Waals surface area contributed by atoms with Crippen LogP contribution < -0.4 is 4.90 Å². The van der Waals surface area contributed by atoms with Crippen LogP contribution in [0.25, 0.3) is 10.8 Å². The highest BCUT2D eigenvalue weighted by Crippen LogP contribution is 2.54. The Balaban J connectivity index is 1.25. The van der Waals surface area contributed by atoms with Gasteiger partial charge in [-0.2, -0.15) is 4.58 Å². The van der Waals surface area contributed by atoms with Crippen molar-refractivity contribution in [3.8, 4) is 0 Å². The van der Waals surface area contributed by atoms with Crippen LogP contribution in [-0.2, 0) is 10.8 Å². The van der Waals surface area contributed by atoms with Crippen molar-refractivity contribution in [2.75, 3.05) is 18.0 Å². The fourth-order valence-electron chi connectivity index (χ4n) is 10.5. The maximum Gasteiger partial charge on any atom is 0.270 e. The summed E-state index contributed by atoms with van der Waals surface area (Å²) < 4.78 is 3.46. The van der Waals surface area contributed by atoms with E-state index in [1.807, 2.05) is 12.1 Å². The minimum absolute atomic E-state index is 0.163. The Hall–Kier alpha value is -3.51. The number of nitro benzene ring substituents is 1. The average molecular weight is 778 g/mol. The smallest absolute Gasteiger partial charge is 0.270 e. The first kappa shape index (κ1) is 37.8. The zero-order valence-electron chi connectivity index (χ0n) is 32.3. The second kappa shape index (κ2) is 16.1. The number of unbranched alkanes of at least 4 members (excludes halogenated alkanes) is 2. The third kappa shape index (κ3) is 7.72. The Kier molecular flexibility index (Phi) is 11.5. The van der Waals surface area contributed by atoms with Gasteiger partial charge in [0.1, 0.15) is 6.54 Å². The van der Waals surface area contributed by atoms with Crippen molar-refractivity contribution in [2.24, 2.45) is 11.8 Å². The summed E-state index contributed by atoms with van der Waals surface area (Å²) in [4.78, 5) is 14.2. The highest BCUT2D eigenvalue weighted by atomic mass is 79.9. The van der Waals surface area contributed by atoms with Gasteiger partial charge in [-0.1, -0.05) is 130 Å². The highest BCUT2D eigenvalue weighted by Gasteiger charge is 2.46. The molecule has 2 saturated carbocycles. The molecule has 3 aromatic carbocycles. The largest absolute Gasteiger partial charge is 0.344 e. The monoisotopic (exact) mass is 776 g/mol. The van der Waals surface area contributed by atoms with Crippen LogP contribution in [0, 0.1) is 22.0 Å². The summed E-state index contributed by atoms with van der Waals surface area (Å²) in [6.45, 7) is 13.1. The Morgan fingerprint density at radius 2 is 1.62 bits per heavy atom. The van der Waals surface area contributed by atoms with Crippen LogP contribution in [0.5, 0.6) is 0 Å². The summed E-state index contributed by atoms with van der Waals surface area (Å²) in [5, 5.41) is 14.5. The summed E-state index contributed by atoms with van der Waals surface area (Å²) in [5.74, 6) is 1.80. The molecule has 0 aromatic heterocycles. The van der Waals surface area contributed by atoms with Crippen molar-refractivity contribution < 1.29 is 9.50 Å². The lowest BCUT2D eigenvalue weighted by atomic mass is 9.76. The van der Waals surface area contributed by atoms with E-state index in [-0.39, 0.29) is 21.4 Å². The lowest BCUT2D eigenvalue weighted by Crippen LogP contribution is -2.30. The third-order valence-corrected chi connectivity index (χ3v) is 13.5. The summed E-state index contributed by atoms with van der Waals surface area (Å²) in [7, 11) is 0. The molecule has 0 N–H and O–H groups in total. The van der Waals surface area contributed by atoms with Crippen LogP contribution in [0.3, 0.4) is 0 Å². The Morgan fingerprint density at radius 1 is 0.943 bits per heavy atom. The molecule has 1 unspecified atom stereocenters. The number of allylic oxidation sites excluding steroid dienone is 5. The summed E-state index contributed by atoms with van der Waals surface area (Å²) >= 11 is 3.80. The number of rotatable bonds is 15. The Labute approximate surface area is 326 Å². The number of non-ortho nitro benzene ring substituents is 1. The quantitative estimate of drug-likeness (QED) is 0.0668. The summed E-state index contributed by atoms with van der Waals surface area (Å²) in [5.41, 5.74) is 6.90. The summed E-state index contributed by atoms with van der Waals surface area (Å²) in [6.07, 6.45) is 26.3. The SMILES string of the molecule is C=C(Br)CC1(C)/C(=C\C=C\C2=[N+](CCCCC3CCCC3)c3ccc([N+](=O)[O-])cc3C2(C)C)N(CCCCC2CCCC2)c2ccc3ccccc3c21. The van der Waals surface area contributed by atoms with Gasteiger partial charge in [0.2, 0.25) is 5.69 Å². The molecule has 5 nitrogen and oxygen atoms in total. The molecule has 2 aliphatic carbocycles. The van der Waals surface area contributed by atoms with Crippen molar-refractivity contribution >= 4 is 49.5 Å². The molecule has 0 bridgehead atoms. The molecule has 0 amide bonds. The van der Waals surface area contributed by atoms with Gasteiger partial charge in [-0.25, -0.2) is 0 Å². The third-order valence-electron chi connectivity index (χ3n) is 13.2. The van der Waals surface area contributed by atoms with E-state index in [0.717, 1.165) is 53.5 Å². The number of nitrogens with zero attached hydrogens (tertiary/aromatic N) is 3. The number of hydrogen-bond acceptors (Lipinski definition) is 3. The fourth-order valence-corrected chi connectivity index (χ4v) is 11.0. The highest BCUT2D eigenvalue weighted by molar-refractivity contribution is 9.11. The molecule has 6 heteroatoms. The van der Waals surface area contributed by atoms with Crippen LogP contribution in [-0.4, -0.2) is 28.3 Å². The zero-order valence-corrected chi connectivity index (χ0v) is 33.9. The van der Waals surface area contributed by atoms with Crippen molar-refractivity contribution in [2.45, 2.75) is 128 Å². The van der Waals surface area contributed by atoms with Gasteiger partial charge in [-0.15, -0.1) is 0 Å². The van der Waals surface area contributed by atoms with E-state index in [1.54, 1.807) is 6.07 Å². The summed E-state index contributed by atoms with van der Waals surface area (Å²) in [6, 6.07) is 18.9. The first-order chi connectivity index (χ1) is 25.6. The van der Waals surface area contributed by atoms with Crippen molar-refractivity contribution in [1.29, 1.82) is 0 Å². The Bertz CT molecular complexity index is 1940. The molecule has 3 aromatic rings. The molecular formula is C47H59BrN3O2+. The topological polar surface area (TPSA) is 49.4 Å². The first-order valence-corrected chi connectivity index (χ1v) is 21.3. The number of fused-ring (bicyclic) bond motifs is 4. The first-order valence-electron chi connectivity index (χ1n) is 20.5. The standard InChI is InChI=1S/C47H59BrN3O2/c1-34(48)33-47(4)44(50(31-14-12-21-36-18-7-8-19-36)42-28-26-37-22-9-10-23-39(37)45(42)47)25-15-24-43-46(2,3)40-32-38(51(52)53)27-29-41(40)49(43)30-13-11-20-35-16-5-6-17-35/h9-10,15,22-29,32,35-36H,1,5-8,11-14,16-21,30-31,33H2,2-4H3/q+1. The molecule has 1 atom stereocenters. The number of hydrogen-bond donors (Lipinski definition) is 0. The van der Waals surface area contributed by atoms with Gasteiger partial charge in [0, 0.05) is 59.6 Å². The van der Waals surface area contributed by atoms with E-state index in [0.29, 0.717) is 0 Å². The molecule has 0 saturated heterocycles. The molecule has 0 spiro atoms. The van der Waals surface area contributed by atoms with Crippen LogP contribution in [0.2, 0.25) is 0 Å². The lowest BCUT2D eigenvalue weighted by Gasteiger charge is -2.31. The van der Waals surface area contributed by atoms with Gasteiger partial charge in [0.25, 0.3) is 5.69 Å². The zero-order chi connectivity index (χ0) is 37.2. The molecule has 2 aliphatic heterocycles. The van der Waals surface area contributed by atoms with Crippen molar-refractivity contribution in [3.63, 3.8) is 0 Å². The molecule has 2 fully saturated rings. The molecule has 7 rings (SSSR count). The van der Waals surface area contributed by atoms with E-state index in [1.165, 1.54) is 117 Å². The number of halogens is 1. The second-order valence-electron chi connectivity index (χ2n) is 17.2. The van der Waals surface area contributed by atoms with Gasteiger partial charge in [-0.05, 0) is 84.8 Å². The van der Waals surface area contributed by atoms with Crippen LogP contribution >= 0.6 is 15.9 Å². The molecule has 2 heterocycles. The fraction of sp³-hybridized carbons (Fsp3) is 0.511.